The van der Waals surface area contributed by atoms with Gasteiger partial charge in [0.2, 0.25) is 0 Å². The maximum atomic E-state index is 13.0. The fourth-order valence-corrected chi connectivity index (χ4v) is 18.3. The van der Waals surface area contributed by atoms with Crippen LogP contribution >= 0.6 is 0 Å². The molecule has 6 nitrogen and oxygen atoms in total. The highest BCUT2D eigenvalue weighted by atomic mass is 16.3. The summed E-state index contributed by atoms with van der Waals surface area (Å²) in [6, 6.07) is 27.9. The van der Waals surface area contributed by atoms with Gasteiger partial charge in [0, 0.05) is 11.3 Å². The van der Waals surface area contributed by atoms with Crippen LogP contribution in [-0.4, -0.2) is 30.6 Å². The van der Waals surface area contributed by atoms with Crippen LogP contribution in [-0.2, 0) is 57.2 Å². The van der Waals surface area contributed by atoms with Crippen LogP contribution in [0, 0.1) is 0 Å². The van der Waals surface area contributed by atoms with Crippen LogP contribution < -0.4 is 0 Å². The van der Waals surface area contributed by atoms with E-state index in [-0.39, 0.29) is 35.5 Å². The number of phenols is 6. The van der Waals surface area contributed by atoms with E-state index in [0.717, 1.165) is 161 Å². The number of hydrogen-bond donors (Lipinski definition) is 6. The van der Waals surface area contributed by atoms with E-state index in [1.54, 1.807) is 0 Å². The molecule has 0 bridgehead atoms. The smallest absolute Gasteiger partial charge is 0.123 e. The highest BCUT2D eigenvalue weighted by molar-refractivity contribution is 5.60. The molecule has 3 aliphatic carbocycles. The maximum absolute atomic E-state index is 13.0. The molecule has 0 aliphatic heterocycles. The average Bonchev–Trinajstić information content (AvgIpc) is 0.727. The summed E-state index contributed by atoms with van der Waals surface area (Å²) in [6.07, 6.45) is 20.7. The van der Waals surface area contributed by atoms with E-state index in [4.69, 9.17) is 0 Å². The van der Waals surface area contributed by atoms with Crippen molar-refractivity contribution in [3.63, 3.8) is 0 Å². The third-order valence-corrected chi connectivity index (χ3v) is 23.9. The van der Waals surface area contributed by atoms with Crippen LogP contribution in [0.1, 0.15) is 404 Å². The van der Waals surface area contributed by atoms with Gasteiger partial charge in [-0.3, -0.25) is 0 Å². The van der Waals surface area contributed by atoms with Gasteiger partial charge >= 0.3 is 0 Å². The summed E-state index contributed by atoms with van der Waals surface area (Å²) in [5, 5.41) is 76.4. The van der Waals surface area contributed by atoms with Crippen molar-refractivity contribution in [2.75, 3.05) is 0 Å². The average molecular weight is 1330 g/mol. The molecule has 9 rings (SSSR count). The second-order valence-corrected chi connectivity index (χ2v) is 37.6. The summed E-state index contributed by atoms with van der Waals surface area (Å²) in [5.41, 5.74) is 15.7. The van der Waals surface area contributed by atoms with Crippen molar-refractivity contribution < 1.29 is 30.6 Å². The molecular weight excluding hydrogens is 1200 g/mol. The van der Waals surface area contributed by atoms with Gasteiger partial charge in [-0.25, -0.2) is 0 Å². The molecule has 0 radical (unpaired) electrons. The Kier molecular flexibility index (Phi) is 22.8. The first-order valence-corrected chi connectivity index (χ1v) is 38.8. The Bertz CT molecular complexity index is 3510. The quantitative estimate of drug-likeness (QED) is 0.0510. The summed E-state index contributed by atoms with van der Waals surface area (Å²) in [5.74, 6) is 2.28. The van der Waals surface area contributed by atoms with E-state index in [1.807, 2.05) is 0 Å². The molecule has 6 N–H and O–H groups in total. The molecule has 2 atom stereocenters. The Morgan fingerprint density at radius 3 is 0.888 bits per heavy atom. The summed E-state index contributed by atoms with van der Waals surface area (Å²) >= 11 is 0. The van der Waals surface area contributed by atoms with Crippen molar-refractivity contribution in [3.05, 3.63) is 173 Å². The Morgan fingerprint density at radius 1 is 0.327 bits per heavy atom. The van der Waals surface area contributed by atoms with Gasteiger partial charge in [0.05, 0.1) is 0 Å². The summed E-state index contributed by atoms with van der Waals surface area (Å²) in [7, 11) is 0. The lowest BCUT2D eigenvalue weighted by atomic mass is 9.58. The van der Waals surface area contributed by atoms with Crippen molar-refractivity contribution >= 4 is 0 Å². The van der Waals surface area contributed by atoms with E-state index in [2.05, 4.69) is 225 Å². The van der Waals surface area contributed by atoms with Gasteiger partial charge < -0.3 is 30.6 Å². The minimum absolute atomic E-state index is 0.0470. The molecule has 2 unspecified atom stereocenters. The zero-order valence-electron chi connectivity index (χ0n) is 65.4. The highest BCUT2D eigenvalue weighted by Gasteiger charge is 2.46. The number of phenolic OH excluding ortho intramolecular Hbond substituents is 6. The van der Waals surface area contributed by atoms with Gasteiger partial charge in [-0.1, -0.05) is 265 Å². The van der Waals surface area contributed by atoms with Gasteiger partial charge in [-0.05, 0) is 257 Å². The lowest BCUT2D eigenvalue weighted by Gasteiger charge is -2.45. The fourth-order valence-electron chi connectivity index (χ4n) is 18.3. The number of benzene rings is 6. The molecule has 0 aromatic heterocycles. The molecule has 98 heavy (non-hydrogen) atoms. The van der Waals surface area contributed by atoms with Crippen LogP contribution in [0.15, 0.2) is 72.8 Å². The first-order chi connectivity index (χ1) is 45.6. The second-order valence-electron chi connectivity index (χ2n) is 37.6. The van der Waals surface area contributed by atoms with Crippen LogP contribution in [0.4, 0.5) is 0 Å². The number of aryl methyl sites for hydroxylation is 3. The van der Waals surface area contributed by atoms with E-state index >= 15 is 0 Å². The molecule has 0 amide bonds. The van der Waals surface area contributed by atoms with Crippen molar-refractivity contribution in [3.8, 4) is 34.5 Å². The van der Waals surface area contributed by atoms with E-state index in [9.17, 15) is 30.6 Å². The highest BCUT2D eigenvalue weighted by Crippen LogP contribution is 2.58. The predicted molar refractivity (Wildman–Crippen MR) is 414 cm³/mol. The topological polar surface area (TPSA) is 121 Å². The van der Waals surface area contributed by atoms with Crippen LogP contribution in [0.25, 0.3) is 0 Å². The molecule has 536 valence electrons. The minimum Gasteiger partial charge on any atom is -0.508 e. The molecule has 3 aliphatic rings. The zero-order valence-corrected chi connectivity index (χ0v) is 65.4. The van der Waals surface area contributed by atoms with Gasteiger partial charge in [-0.2, -0.15) is 0 Å². The SMILES string of the molecule is CCc1cc(O)c(C2CCCCC2)cc1C(C)CC(CC(CC(c1cc(C(C)(C)C)c(O)c(C(C)(C)C)c1)c1cc(C(C)(C)C)c(O)c(C(C)(C)C)c1)c1cc(C(C)(C)C)c(O)c(C(C)(C)C)c1)(c1cc(C2CCCCC2)c(O)cc1CC)c1cc(C2CCCCC2)c(O)cc1CC. The Hall–Kier alpha value is -5.88. The van der Waals surface area contributed by atoms with Crippen molar-refractivity contribution in [2.24, 2.45) is 0 Å². The number of hydrogen-bond acceptors (Lipinski definition) is 6. The Labute approximate surface area is 595 Å². The Balaban J connectivity index is 1.53. The first-order valence-electron chi connectivity index (χ1n) is 38.8. The summed E-state index contributed by atoms with van der Waals surface area (Å²) in [6.45, 7) is 49.2. The van der Waals surface area contributed by atoms with Crippen LogP contribution in [0.5, 0.6) is 34.5 Å². The van der Waals surface area contributed by atoms with Crippen LogP contribution in [0.2, 0.25) is 0 Å². The molecule has 0 saturated heterocycles. The van der Waals surface area contributed by atoms with Crippen molar-refractivity contribution in [2.45, 2.75) is 361 Å². The van der Waals surface area contributed by atoms with E-state index < -0.39 is 37.9 Å². The lowest BCUT2D eigenvalue weighted by Crippen LogP contribution is -2.35. The van der Waals surface area contributed by atoms with Crippen molar-refractivity contribution in [1.29, 1.82) is 0 Å². The van der Waals surface area contributed by atoms with Gasteiger partial charge in [0.1, 0.15) is 34.5 Å². The molecule has 0 spiro atoms. The maximum Gasteiger partial charge on any atom is 0.123 e. The van der Waals surface area contributed by atoms with E-state index in [1.165, 1.54) is 41.5 Å². The molecular formula is C92H132O6. The first kappa shape index (κ1) is 76.3. The third-order valence-electron chi connectivity index (χ3n) is 23.9. The Morgan fingerprint density at radius 2 is 0.602 bits per heavy atom. The molecule has 3 fully saturated rings. The van der Waals surface area contributed by atoms with Gasteiger partial charge in [0.25, 0.3) is 0 Å². The summed E-state index contributed by atoms with van der Waals surface area (Å²) < 4.78 is 0. The molecule has 0 heterocycles. The van der Waals surface area contributed by atoms with Gasteiger partial charge in [0.15, 0.2) is 0 Å². The molecule has 6 aromatic carbocycles. The zero-order chi connectivity index (χ0) is 72.2. The number of rotatable bonds is 18. The largest absolute Gasteiger partial charge is 0.508 e. The standard InChI is InChI=1S/C92H132O6/c1-23-57-48-80(93)69(60-35-29-26-30-36-60)51-67(57)56(4)54-92(72-52-70(61-37-31-27-32-38-61)81(94)49-58(72)24-2,73-53-71(62-39-33-28-34-40-62)82(95)50-59(73)25-3)55-66(63-42-74(86(5,6)7)83(96)75(43-63)87(8,9)10)41-68(64-44-76(88(11,12)13)84(97)77(45-64)89(14,15)16)65-46-78(90(17,18)19)85(98)79(47-65)91(20,21)22/h42-53,56,60-62,66,68,93-98H,23-41,54-55H2,1-22H3. The van der Waals surface area contributed by atoms with Gasteiger partial charge in [-0.15, -0.1) is 0 Å². The third kappa shape index (κ3) is 16.2. The van der Waals surface area contributed by atoms with Crippen molar-refractivity contribution in [1.82, 2.24) is 0 Å². The normalized spacial score (nSPS) is 17.1. The number of aromatic hydroxyl groups is 6. The molecule has 6 heteroatoms. The second kappa shape index (κ2) is 29.2. The lowest BCUT2D eigenvalue weighted by molar-refractivity contribution is 0.345. The monoisotopic (exact) mass is 1330 g/mol. The molecule has 6 aromatic rings. The summed E-state index contributed by atoms with van der Waals surface area (Å²) in [4.78, 5) is 0. The predicted octanol–water partition coefficient (Wildman–Crippen LogP) is 25.4. The minimum atomic E-state index is -0.820. The fraction of sp³-hybridized carbons (Fsp3) is 0.609. The van der Waals surface area contributed by atoms with Crippen LogP contribution in [0.3, 0.4) is 0 Å². The molecule has 3 saturated carbocycles. The van der Waals surface area contributed by atoms with E-state index in [0.29, 0.717) is 66.6 Å².